The molecule has 1 aromatic rings. The molecule has 0 N–H and O–H groups in total. The number of fused-ring (bicyclic) bond motifs is 2. The van der Waals surface area contributed by atoms with Crippen molar-refractivity contribution in [3.63, 3.8) is 0 Å². The van der Waals surface area contributed by atoms with Gasteiger partial charge in [0.25, 0.3) is 0 Å². The second-order valence-corrected chi connectivity index (χ2v) is 7.94. The zero-order valence-corrected chi connectivity index (χ0v) is 13.5. The van der Waals surface area contributed by atoms with Crippen LogP contribution in [0.4, 0.5) is 0 Å². The summed E-state index contributed by atoms with van der Waals surface area (Å²) in [5.74, 6) is -0.248. The summed E-state index contributed by atoms with van der Waals surface area (Å²) in [7, 11) is -0.106. The topological polar surface area (TPSA) is 66.9 Å². The van der Waals surface area contributed by atoms with Gasteiger partial charge in [-0.1, -0.05) is 18.2 Å². The molecule has 0 saturated carbocycles. The van der Waals surface area contributed by atoms with E-state index >= 15 is 0 Å². The Balaban J connectivity index is 1.81. The van der Waals surface area contributed by atoms with Gasteiger partial charge in [-0.15, -0.1) is 0 Å². The van der Waals surface area contributed by atoms with E-state index in [0.29, 0.717) is 13.0 Å². The molecular formula is C15H20N2O4S. The number of rotatable bonds is 3. The predicted octanol–water partition coefficient (Wildman–Crippen LogP) is 0.553. The van der Waals surface area contributed by atoms with Gasteiger partial charge in [0.2, 0.25) is 15.9 Å². The van der Waals surface area contributed by atoms with Crippen LogP contribution in [-0.4, -0.2) is 62.9 Å². The lowest BCUT2D eigenvalue weighted by molar-refractivity contribution is -0.135. The average Bonchev–Trinajstić information content (AvgIpc) is 2.81. The van der Waals surface area contributed by atoms with E-state index in [1.165, 1.54) is 4.31 Å². The van der Waals surface area contributed by atoms with Crippen LogP contribution in [0.1, 0.15) is 6.42 Å². The van der Waals surface area contributed by atoms with Crippen molar-refractivity contribution in [1.82, 2.24) is 9.21 Å². The van der Waals surface area contributed by atoms with Gasteiger partial charge in [-0.2, -0.15) is 4.31 Å². The van der Waals surface area contributed by atoms with Crippen LogP contribution in [0.2, 0.25) is 0 Å². The van der Waals surface area contributed by atoms with Crippen LogP contribution in [0, 0.1) is 5.92 Å². The number of sulfonamides is 1. The van der Waals surface area contributed by atoms with Crippen LogP contribution in [0.3, 0.4) is 0 Å². The lowest BCUT2D eigenvalue weighted by Gasteiger charge is -2.32. The first-order valence-electron chi connectivity index (χ1n) is 7.31. The quantitative estimate of drug-likeness (QED) is 0.814. The van der Waals surface area contributed by atoms with Crippen molar-refractivity contribution in [2.24, 2.45) is 5.92 Å². The van der Waals surface area contributed by atoms with E-state index in [4.69, 9.17) is 4.74 Å². The highest BCUT2D eigenvalue weighted by molar-refractivity contribution is 7.89. The third kappa shape index (κ3) is 2.64. The Morgan fingerprint density at radius 2 is 1.91 bits per heavy atom. The second-order valence-electron chi connectivity index (χ2n) is 6.01. The molecule has 1 amide bonds. The Kier molecular flexibility index (Phi) is 3.96. The van der Waals surface area contributed by atoms with E-state index in [9.17, 15) is 13.2 Å². The zero-order valence-electron chi connectivity index (χ0n) is 12.7. The lowest BCUT2D eigenvalue weighted by atomic mass is 9.99. The Bertz CT molecular complexity index is 659. The van der Waals surface area contributed by atoms with Gasteiger partial charge in [-0.25, -0.2) is 8.42 Å². The molecule has 120 valence electrons. The molecule has 0 radical (unpaired) electrons. The fourth-order valence-electron chi connectivity index (χ4n) is 3.15. The number of amides is 1. The third-order valence-electron chi connectivity index (χ3n) is 4.26. The standard InChI is InChI=1S/C15H20N2O4S/c1-16(2)15(18)13-8-11-9-17(10-14(13)21-11)22(19,20)12-6-4-3-5-7-12/h3-7,11,13-14H,8-10H2,1-2H3/t11-,13+,14-/m1/s1. The van der Waals surface area contributed by atoms with Crippen LogP contribution < -0.4 is 0 Å². The molecule has 3 atom stereocenters. The predicted molar refractivity (Wildman–Crippen MR) is 80.7 cm³/mol. The minimum Gasteiger partial charge on any atom is -0.371 e. The van der Waals surface area contributed by atoms with Crippen LogP contribution in [0.25, 0.3) is 0 Å². The van der Waals surface area contributed by atoms with Gasteiger partial charge in [0.1, 0.15) is 0 Å². The molecule has 0 spiro atoms. The number of carbonyl (C=O) groups excluding carboxylic acids is 1. The maximum Gasteiger partial charge on any atom is 0.243 e. The summed E-state index contributed by atoms with van der Waals surface area (Å²) in [5.41, 5.74) is 0. The van der Waals surface area contributed by atoms with Gasteiger partial charge in [0, 0.05) is 27.2 Å². The molecule has 2 fully saturated rings. The smallest absolute Gasteiger partial charge is 0.243 e. The summed E-state index contributed by atoms with van der Waals surface area (Å²) in [6, 6.07) is 8.39. The summed E-state index contributed by atoms with van der Waals surface area (Å²) in [5, 5.41) is 0. The van der Waals surface area contributed by atoms with Crippen LogP contribution in [-0.2, 0) is 19.6 Å². The molecule has 0 unspecified atom stereocenters. The van der Waals surface area contributed by atoms with Crippen molar-refractivity contribution in [2.75, 3.05) is 27.2 Å². The van der Waals surface area contributed by atoms with E-state index in [0.717, 1.165) is 0 Å². The van der Waals surface area contributed by atoms with E-state index in [1.54, 1.807) is 49.3 Å². The third-order valence-corrected chi connectivity index (χ3v) is 6.11. The number of carbonyl (C=O) groups is 1. The normalized spacial score (nSPS) is 28.5. The number of hydrogen-bond donors (Lipinski definition) is 0. The fraction of sp³-hybridized carbons (Fsp3) is 0.533. The van der Waals surface area contributed by atoms with Crippen molar-refractivity contribution in [3.8, 4) is 0 Å². The number of morpholine rings is 1. The molecular weight excluding hydrogens is 304 g/mol. The lowest BCUT2D eigenvalue weighted by Crippen LogP contribution is -2.47. The van der Waals surface area contributed by atoms with Gasteiger partial charge >= 0.3 is 0 Å². The van der Waals surface area contributed by atoms with Gasteiger partial charge in [0.05, 0.1) is 23.0 Å². The molecule has 1 aromatic carbocycles. The van der Waals surface area contributed by atoms with Crippen molar-refractivity contribution in [2.45, 2.75) is 23.5 Å². The van der Waals surface area contributed by atoms with Crippen molar-refractivity contribution in [3.05, 3.63) is 30.3 Å². The fourth-order valence-corrected chi connectivity index (χ4v) is 4.66. The van der Waals surface area contributed by atoms with Crippen LogP contribution >= 0.6 is 0 Å². The molecule has 2 heterocycles. The molecule has 2 bridgehead atoms. The summed E-state index contributed by atoms with van der Waals surface area (Å²) in [4.78, 5) is 14.0. The van der Waals surface area contributed by atoms with Crippen LogP contribution in [0.15, 0.2) is 35.2 Å². The summed E-state index contributed by atoms with van der Waals surface area (Å²) >= 11 is 0. The molecule has 2 aliphatic rings. The molecule has 6 nitrogen and oxygen atoms in total. The highest BCUT2D eigenvalue weighted by atomic mass is 32.2. The van der Waals surface area contributed by atoms with Gasteiger partial charge in [-0.05, 0) is 18.6 Å². The minimum absolute atomic E-state index is 0.00598. The SMILES string of the molecule is CN(C)C(=O)[C@H]1C[C@@H]2CN(S(=O)(=O)c3ccccc3)C[C@H]1O2. The number of hydrogen-bond acceptors (Lipinski definition) is 4. The zero-order chi connectivity index (χ0) is 15.9. The Morgan fingerprint density at radius 1 is 1.23 bits per heavy atom. The Labute approximate surface area is 130 Å². The van der Waals surface area contributed by atoms with Crippen molar-refractivity contribution >= 4 is 15.9 Å². The van der Waals surface area contributed by atoms with E-state index in [1.807, 2.05) is 0 Å². The molecule has 22 heavy (non-hydrogen) atoms. The van der Waals surface area contributed by atoms with E-state index in [2.05, 4.69) is 0 Å². The highest BCUT2D eigenvalue weighted by Gasteiger charge is 2.47. The monoisotopic (exact) mass is 324 g/mol. The van der Waals surface area contributed by atoms with E-state index in [-0.39, 0.29) is 35.5 Å². The molecule has 0 aliphatic carbocycles. The number of ether oxygens (including phenoxy) is 1. The molecule has 3 rings (SSSR count). The first kappa shape index (κ1) is 15.5. The Hall–Kier alpha value is -1.44. The highest BCUT2D eigenvalue weighted by Crippen LogP contribution is 2.35. The average molecular weight is 324 g/mol. The van der Waals surface area contributed by atoms with Crippen molar-refractivity contribution in [1.29, 1.82) is 0 Å². The molecule has 0 aromatic heterocycles. The molecule has 7 heteroatoms. The number of benzene rings is 1. The van der Waals surface area contributed by atoms with Crippen molar-refractivity contribution < 1.29 is 17.9 Å². The molecule has 2 aliphatic heterocycles. The summed E-state index contributed by atoms with van der Waals surface area (Å²) in [6.07, 6.45) is 0.0287. The maximum absolute atomic E-state index is 12.7. The van der Waals surface area contributed by atoms with Gasteiger partial charge in [0.15, 0.2) is 0 Å². The van der Waals surface area contributed by atoms with Gasteiger partial charge in [-0.3, -0.25) is 4.79 Å². The second kappa shape index (κ2) is 5.64. The first-order valence-corrected chi connectivity index (χ1v) is 8.75. The number of nitrogens with zero attached hydrogens (tertiary/aromatic N) is 2. The van der Waals surface area contributed by atoms with E-state index < -0.39 is 10.0 Å². The summed E-state index contributed by atoms with van der Waals surface area (Å²) < 4.78 is 32.6. The first-order chi connectivity index (χ1) is 10.4. The summed E-state index contributed by atoms with van der Waals surface area (Å²) in [6.45, 7) is 0.545. The Morgan fingerprint density at radius 3 is 2.55 bits per heavy atom. The van der Waals surface area contributed by atoms with Gasteiger partial charge < -0.3 is 9.64 Å². The largest absolute Gasteiger partial charge is 0.371 e. The maximum atomic E-state index is 12.7. The molecule has 2 saturated heterocycles. The minimum atomic E-state index is -3.53. The van der Waals surface area contributed by atoms with Crippen LogP contribution in [0.5, 0.6) is 0 Å².